The Morgan fingerprint density at radius 1 is 0.857 bits per heavy atom. The molecule has 0 spiro atoms. The van der Waals surface area contributed by atoms with Gasteiger partial charge in [-0.3, -0.25) is 0 Å². The molecule has 0 aromatic rings. The van der Waals surface area contributed by atoms with Crippen LogP contribution in [0.15, 0.2) is 0 Å². The Labute approximate surface area is 48.1 Å². The van der Waals surface area contributed by atoms with Gasteiger partial charge in [0, 0.05) is 0 Å². The Balaban J connectivity index is 2.59. The van der Waals surface area contributed by atoms with E-state index in [-0.39, 0.29) is 0 Å². The molecule has 1 aliphatic heterocycles. The fourth-order valence-electron chi connectivity index (χ4n) is 0.750. The zero-order valence-corrected chi connectivity index (χ0v) is 6.50. The van der Waals surface area contributed by atoms with E-state index in [1.165, 1.54) is 9.52 Å². The number of rotatable bonds is 0. The third-order valence-corrected chi connectivity index (χ3v) is 4.38. The molecule has 7 heavy (non-hydrogen) atoms. The van der Waals surface area contributed by atoms with Crippen molar-refractivity contribution in [2.24, 2.45) is 0 Å². The van der Waals surface area contributed by atoms with Gasteiger partial charge in [0.2, 0.25) is 0 Å². The molecule has 0 saturated carbocycles. The van der Waals surface area contributed by atoms with Crippen LogP contribution in [0.25, 0.3) is 0 Å². The molecule has 0 N–H and O–H groups in total. The second-order valence-corrected chi connectivity index (χ2v) is 6.12. The quantitative estimate of drug-likeness (QED) is 0.421. The lowest BCUT2D eigenvalue weighted by Gasteiger charge is -2.05. The molecule has 0 aromatic heterocycles. The minimum Gasteiger partial charge on any atom is -0.0625 e. The van der Waals surface area contributed by atoms with Crippen LogP contribution in [0.5, 0.6) is 0 Å². The highest BCUT2D eigenvalue weighted by Gasteiger charge is 2.54. The van der Waals surface area contributed by atoms with Crippen molar-refractivity contribution in [3.05, 3.63) is 0 Å². The summed E-state index contributed by atoms with van der Waals surface area (Å²) in [7, 11) is 1.19. The molecule has 0 nitrogen and oxygen atoms in total. The van der Waals surface area contributed by atoms with Gasteiger partial charge in [0.05, 0.1) is 9.52 Å². The molecular weight excluding hydrogens is 100 g/mol. The van der Waals surface area contributed by atoms with Gasteiger partial charge >= 0.3 is 0 Å². The van der Waals surface area contributed by atoms with Crippen LogP contribution >= 0.6 is 0 Å². The molecule has 1 heteroatoms. The molecule has 1 rings (SSSR count). The molecule has 0 aromatic carbocycles. The van der Waals surface area contributed by atoms with Crippen molar-refractivity contribution in [1.82, 2.24) is 0 Å². The van der Waals surface area contributed by atoms with Gasteiger partial charge in [-0.15, -0.1) is 0 Å². The monoisotopic (exact) mass is 112 g/mol. The Morgan fingerprint density at radius 3 is 1.00 bits per heavy atom. The van der Waals surface area contributed by atoms with E-state index in [9.17, 15) is 0 Å². The van der Waals surface area contributed by atoms with Gasteiger partial charge in [-0.05, 0) is 10.1 Å². The lowest BCUT2D eigenvalue weighted by atomic mass is 10.0. The van der Waals surface area contributed by atoms with Crippen LogP contribution in [0, 0.1) is 0 Å². The van der Waals surface area contributed by atoms with E-state index < -0.39 is 0 Å². The molecule has 0 bridgehead atoms. The summed E-state index contributed by atoms with van der Waals surface area (Å²) in [5.41, 5.74) is 0. The van der Waals surface area contributed by atoms with Gasteiger partial charge in [0.25, 0.3) is 0 Å². The third kappa shape index (κ3) is 0.633. The maximum Gasteiger partial charge on any atom is 0.0522 e. The predicted octanol–water partition coefficient (Wildman–Crippen LogP) is 2.10. The number of hydrogen-bond donors (Lipinski definition) is 0. The van der Waals surface area contributed by atoms with E-state index in [0.29, 0.717) is 10.1 Å². The summed E-state index contributed by atoms with van der Waals surface area (Å²) in [6.07, 6.45) is 0. The highest BCUT2D eigenvalue weighted by atomic mass is 28.2. The van der Waals surface area contributed by atoms with Crippen molar-refractivity contribution >= 4 is 9.52 Å². The van der Waals surface area contributed by atoms with Crippen molar-refractivity contribution in [2.45, 2.75) is 37.8 Å². The lowest BCUT2D eigenvalue weighted by Crippen LogP contribution is -1.81. The van der Waals surface area contributed by atoms with Crippen molar-refractivity contribution in [3.8, 4) is 0 Å². The van der Waals surface area contributed by atoms with E-state index in [1.807, 2.05) is 0 Å². The first kappa shape index (κ1) is 5.36. The fraction of sp³-hybridized carbons (Fsp3) is 1.00. The molecule has 40 valence electrons. The largest absolute Gasteiger partial charge is 0.0625 e. The molecular formula is C6H12Si. The van der Waals surface area contributed by atoms with Crippen LogP contribution < -0.4 is 0 Å². The standard InChI is InChI=1S/C6H12Si/c1-5(2)6(3,4)7-5/h1-4H3. The molecule has 0 amide bonds. The predicted molar refractivity (Wildman–Crippen MR) is 33.8 cm³/mol. The smallest absolute Gasteiger partial charge is 0.0522 e. The molecule has 2 radical (unpaired) electrons. The maximum atomic E-state index is 2.34. The second-order valence-electron chi connectivity index (χ2n) is 3.38. The summed E-state index contributed by atoms with van der Waals surface area (Å²) < 4.78 is 0. The number of hydrogen-bond acceptors (Lipinski definition) is 0. The van der Waals surface area contributed by atoms with Crippen LogP contribution in [0.4, 0.5) is 0 Å². The SMILES string of the molecule is CC1(C)[Si]C1(C)C. The maximum absolute atomic E-state index is 2.34. The first-order chi connectivity index (χ1) is 2.96. The fourth-order valence-corrected chi connectivity index (χ4v) is 2.25. The van der Waals surface area contributed by atoms with Crippen molar-refractivity contribution in [3.63, 3.8) is 0 Å². The summed E-state index contributed by atoms with van der Waals surface area (Å²) in [5.74, 6) is 0. The normalized spacial score (nSPS) is 32.6. The van der Waals surface area contributed by atoms with E-state index in [4.69, 9.17) is 0 Å². The average molecular weight is 112 g/mol. The van der Waals surface area contributed by atoms with E-state index in [0.717, 1.165) is 0 Å². The molecule has 1 aliphatic rings. The van der Waals surface area contributed by atoms with E-state index in [2.05, 4.69) is 27.7 Å². The Hall–Kier alpha value is 0.217. The lowest BCUT2D eigenvalue weighted by molar-refractivity contribution is 0.628. The molecule has 0 atom stereocenters. The molecule has 0 aliphatic carbocycles. The second kappa shape index (κ2) is 0.969. The Bertz CT molecular complexity index is 80.4. The third-order valence-electron chi connectivity index (χ3n) is 2.12. The van der Waals surface area contributed by atoms with Crippen LogP contribution in [0.1, 0.15) is 27.7 Å². The summed E-state index contributed by atoms with van der Waals surface area (Å²) in [4.78, 5) is 0. The first-order valence-electron chi connectivity index (χ1n) is 2.75. The van der Waals surface area contributed by atoms with E-state index in [1.54, 1.807) is 0 Å². The highest BCUT2D eigenvalue weighted by molar-refractivity contribution is 6.59. The van der Waals surface area contributed by atoms with Gasteiger partial charge in [0.1, 0.15) is 0 Å². The molecule has 1 heterocycles. The minimum atomic E-state index is 0.674. The Morgan fingerprint density at radius 2 is 1.00 bits per heavy atom. The summed E-state index contributed by atoms with van der Waals surface area (Å²) in [6, 6.07) is 0. The summed E-state index contributed by atoms with van der Waals surface area (Å²) >= 11 is 0. The van der Waals surface area contributed by atoms with Crippen LogP contribution in [0.3, 0.4) is 0 Å². The zero-order chi connectivity index (χ0) is 5.71. The Kier molecular flexibility index (Phi) is 0.741. The topological polar surface area (TPSA) is 0 Å². The highest BCUT2D eigenvalue weighted by Crippen LogP contribution is 2.67. The molecule has 1 saturated heterocycles. The van der Waals surface area contributed by atoms with Crippen molar-refractivity contribution < 1.29 is 0 Å². The van der Waals surface area contributed by atoms with Gasteiger partial charge < -0.3 is 0 Å². The summed E-state index contributed by atoms with van der Waals surface area (Å²) in [5, 5.41) is 1.35. The summed E-state index contributed by atoms with van der Waals surface area (Å²) in [6.45, 7) is 9.35. The minimum absolute atomic E-state index is 0.674. The van der Waals surface area contributed by atoms with Gasteiger partial charge in [-0.1, -0.05) is 27.7 Å². The average Bonchev–Trinajstić information content (AvgIpc) is 1.63. The van der Waals surface area contributed by atoms with Crippen LogP contribution in [-0.2, 0) is 0 Å². The van der Waals surface area contributed by atoms with Crippen molar-refractivity contribution in [1.29, 1.82) is 0 Å². The van der Waals surface area contributed by atoms with Crippen LogP contribution in [0.2, 0.25) is 10.1 Å². The molecule has 0 unspecified atom stereocenters. The van der Waals surface area contributed by atoms with Gasteiger partial charge in [-0.2, -0.15) is 0 Å². The van der Waals surface area contributed by atoms with Gasteiger partial charge in [-0.25, -0.2) is 0 Å². The van der Waals surface area contributed by atoms with E-state index >= 15 is 0 Å². The van der Waals surface area contributed by atoms with Crippen LogP contribution in [-0.4, -0.2) is 9.52 Å². The first-order valence-corrected chi connectivity index (χ1v) is 3.75. The zero-order valence-electron chi connectivity index (χ0n) is 5.50. The van der Waals surface area contributed by atoms with Gasteiger partial charge in [0.15, 0.2) is 0 Å². The molecule has 1 fully saturated rings. The van der Waals surface area contributed by atoms with Crippen molar-refractivity contribution in [2.75, 3.05) is 0 Å².